The van der Waals surface area contributed by atoms with E-state index in [1.807, 2.05) is 33.5 Å². The molecule has 1 aliphatic rings. The van der Waals surface area contributed by atoms with Gasteiger partial charge in [-0.25, -0.2) is 4.98 Å². The lowest BCUT2D eigenvalue weighted by molar-refractivity contribution is 0.0997. The van der Waals surface area contributed by atoms with Gasteiger partial charge >= 0.3 is 0 Å². The summed E-state index contributed by atoms with van der Waals surface area (Å²) in [5.74, 6) is 0.470. The molecule has 3 heterocycles. The molecule has 34 heavy (non-hydrogen) atoms. The monoisotopic (exact) mass is 452 g/mol. The molecule has 6 nitrogen and oxygen atoms in total. The van der Waals surface area contributed by atoms with Crippen molar-refractivity contribution in [2.24, 2.45) is 4.99 Å². The van der Waals surface area contributed by atoms with E-state index in [-0.39, 0.29) is 11.5 Å². The van der Waals surface area contributed by atoms with Crippen molar-refractivity contribution in [2.75, 3.05) is 0 Å². The van der Waals surface area contributed by atoms with E-state index in [1.54, 1.807) is 18.2 Å². The lowest BCUT2D eigenvalue weighted by Crippen LogP contribution is -2.26. The van der Waals surface area contributed by atoms with Crippen LogP contribution in [0.1, 0.15) is 53.0 Å². The van der Waals surface area contributed by atoms with Crippen molar-refractivity contribution in [3.05, 3.63) is 105 Å². The highest BCUT2D eigenvalue weighted by Crippen LogP contribution is 2.17. The molecule has 2 aromatic carbocycles. The van der Waals surface area contributed by atoms with Gasteiger partial charge < -0.3 is 4.57 Å². The van der Waals surface area contributed by atoms with Crippen LogP contribution in [0.25, 0.3) is 10.9 Å². The van der Waals surface area contributed by atoms with Gasteiger partial charge in [-0.05, 0) is 55.7 Å². The minimum absolute atomic E-state index is 0.0168. The van der Waals surface area contributed by atoms with Crippen LogP contribution in [0.2, 0.25) is 0 Å². The smallest absolute Gasteiger partial charge is 0.279 e. The third-order valence-corrected chi connectivity index (χ3v) is 6.42. The first kappa shape index (κ1) is 22.0. The summed E-state index contributed by atoms with van der Waals surface area (Å²) in [6.07, 6.45) is 7.03. The second-order valence-electron chi connectivity index (χ2n) is 8.97. The first-order valence-corrected chi connectivity index (χ1v) is 11.9. The zero-order valence-corrected chi connectivity index (χ0v) is 19.4. The van der Waals surface area contributed by atoms with Gasteiger partial charge in [0, 0.05) is 31.3 Å². The van der Waals surface area contributed by atoms with Gasteiger partial charge in [0.05, 0.1) is 10.9 Å². The van der Waals surface area contributed by atoms with E-state index in [4.69, 9.17) is 4.98 Å². The summed E-state index contributed by atoms with van der Waals surface area (Å²) in [6, 6.07) is 19.1. The average molecular weight is 453 g/mol. The maximum absolute atomic E-state index is 13.1. The molecule has 0 atom stereocenters. The van der Waals surface area contributed by atoms with Crippen molar-refractivity contribution in [1.82, 2.24) is 14.1 Å². The van der Waals surface area contributed by atoms with Crippen LogP contribution in [0.15, 0.2) is 76.6 Å². The van der Waals surface area contributed by atoms with Crippen molar-refractivity contribution in [1.29, 1.82) is 0 Å². The zero-order valence-electron chi connectivity index (χ0n) is 19.4. The molecule has 0 fully saturated rings. The maximum atomic E-state index is 13.1. The normalized spacial score (nSPS) is 14.4. The molecule has 0 aliphatic carbocycles. The molecular formula is C28H28N4O2. The molecule has 2 aromatic heterocycles. The van der Waals surface area contributed by atoms with E-state index in [0.29, 0.717) is 35.0 Å². The van der Waals surface area contributed by atoms with Crippen molar-refractivity contribution >= 4 is 16.8 Å². The molecule has 0 bridgehead atoms. The Morgan fingerprint density at radius 2 is 1.82 bits per heavy atom. The van der Waals surface area contributed by atoms with Gasteiger partial charge in [0.25, 0.3) is 11.5 Å². The number of carbonyl (C=O) groups excluding carboxylic acids is 1. The fourth-order valence-electron chi connectivity index (χ4n) is 4.49. The highest BCUT2D eigenvalue weighted by molar-refractivity contribution is 5.98. The molecule has 1 aliphatic heterocycles. The molecule has 6 heteroatoms. The largest absolute Gasteiger partial charge is 0.328 e. The van der Waals surface area contributed by atoms with Crippen LogP contribution in [-0.2, 0) is 19.5 Å². The van der Waals surface area contributed by atoms with Crippen LogP contribution in [0.4, 0.5) is 0 Å². The van der Waals surface area contributed by atoms with Crippen molar-refractivity contribution in [3.63, 3.8) is 0 Å². The molecule has 4 aromatic rings. The summed E-state index contributed by atoms with van der Waals surface area (Å²) >= 11 is 0. The SMILES string of the molecule is Cc1ccc(Cn2ccccc2=NC(=O)c2ccc3c(=O)n4c(nc3c2)CCCCCC4)cc1. The number of carbonyl (C=O) groups is 1. The summed E-state index contributed by atoms with van der Waals surface area (Å²) < 4.78 is 3.77. The van der Waals surface area contributed by atoms with Gasteiger partial charge in [-0.2, -0.15) is 4.99 Å². The van der Waals surface area contributed by atoms with Crippen LogP contribution < -0.4 is 11.0 Å². The van der Waals surface area contributed by atoms with E-state index < -0.39 is 0 Å². The van der Waals surface area contributed by atoms with E-state index >= 15 is 0 Å². The number of rotatable bonds is 3. The Hall–Kier alpha value is -3.80. The van der Waals surface area contributed by atoms with Crippen LogP contribution in [0.3, 0.4) is 0 Å². The Balaban J connectivity index is 1.50. The van der Waals surface area contributed by atoms with E-state index in [0.717, 1.165) is 43.5 Å². The van der Waals surface area contributed by atoms with Crippen LogP contribution in [0, 0.1) is 6.92 Å². The third kappa shape index (κ3) is 4.62. The summed E-state index contributed by atoms with van der Waals surface area (Å²) in [7, 11) is 0. The van der Waals surface area contributed by atoms with Gasteiger partial charge in [-0.3, -0.25) is 14.2 Å². The molecule has 172 valence electrons. The fraction of sp³-hybridized carbons (Fsp3) is 0.286. The first-order chi connectivity index (χ1) is 16.6. The van der Waals surface area contributed by atoms with Crippen LogP contribution in [0.5, 0.6) is 0 Å². The van der Waals surface area contributed by atoms with Crippen molar-refractivity contribution < 1.29 is 4.79 Å². The predicted octanol–water partition coefficient (Wildman–Crippen LogP) is 4.41. The van der Waals surface area contributed by atoms with Gasteiger partial charge in [-0.15, -0.1) is 0 Å². The maximum Gasteiger partial charge on any atom is 0.279 e. The van der Waals surface area contributed by atoms with E-state index in [9.17, 15) is 9.59 Å². The minimum Gasteiger partial charge on any atom is -0.328 e. The van der Waals surface area contributed by atoms with Crippen molar-refractivity contribution in [3.8, 4) is 0 Å². The third-order valence-electron chi connectivity index (χ3n) is 6.42. The number of aryl methyl sites for hydroxylation is 2. The molecule has 0 N–H and O–H groups in total. The quantitative estimate of drug-likeness (QED) is 0.462. The van der Waals surface area contributed by atoms with Gasteiger partial charge in [0.2, 0.25) is 0 Å². The number of aromatic nitrogens is 3. The van der Waals surface area contributed by atoms with Gasteiger partial charge in [0.1, 0.15) is 11.3 Å². The number of hydrogen-bond acceptors (Lipinski definition) is 3. The molecule has 0 radical (unpaired) electrons. The zero-order chi connectivity index (χ0) is 23.5. The Kier molecular flexibility index (Phi) is 6.21. The van der Waals surface area contributed by atoms with E-state index in [1.165, 1.54) is 5.56 Å². The molecule has 0 unspecified atom stereocenters. The predicted molar refractivity (Wildman–Crippen MR) is 133 cm³/mol. The molecule has 0 spiro atoms. The molecule has 5 rings (SSSR count). The second kappa shape index (κ2) is 9.59. The first-order valence-electron chi connectivity index (χ1n) is 11.9. The second-order valence-corrected chi connectivity index (χ2v) is 8.97. The summed E-state index contributed by atoms with van der Waals surface area (Å²) in [4.78, 5) is 35.3. The van der Waals surface area contributed by atoms with Crippen molar-refractivity contribution in [2.45, 2.75) is 52.1 Å². The number of pyridine rings is 1. The fourth-order valence-corrected chi connectivity index (χ4v) is 4.49. The number of hydrogen-bond donors (Lipinski definition) is 0. The topological polar surface area (TPSA) is 69.2 Å². The Bertz CT molecular complexity index is 1480. The van der Waals surface area contributed by atoms with Crippen LogP contribution >= 0.6 is 0 Å². The Morgan fingerprint density at radius 3 is 2.68 bits per heavy atom. The summed E-state index contributed by atoms with van der Waals surface area (Å²) in [6.45, 7) is 3.39. The Morgan fingerprint density at radius 1 is 1.00 bits per heavy atom. The number of nitrogens with zero attached hydrogens (tertiary/aromatic N) is 4. The summed E-state index contributed by atoms with van der Waals surface area (Å²) in [5.41, 5.74) is 3.91. The highest BCUT2D eigenvalue weighted by Gasteiger charge is 2.15. The van der Waals surface area contributed by atoms with E-state index in [2.05, 4.69) is 36.2 Å². The number of benzene rings is 2. The lowest BCUT2D eigenvalue weighted by Gasteiger charge is -2.16. The summed E-state index contributed by atoms with van der Waals surface area (Å²) in [5, 5.41) is 0.551. The highest BCUT2D eigenvalue weighted by atomic mass is 16.1. The average Bonchev–Trinajstić information content (AvgIpc) is 2.83. The van der Waals surface area contributed by atoms with Gasteiger partial charge in [-0.1, -0.05) is 48.7 Å². The minimum atomic E-state index is -0.348. The van der Waals surface area contributed by atoms with Gasteiger partial charge in [0.15, 0.2) is 0 Å². The number of amides is 1. The standard InChI is InChI=1S/C28H28N4O2/c1-20-10-12-21(13-11-20)19-31-16-7-5-8-25(31)30-27(33)22-14-15-23-24(18-22)29-26-9-4-2-3-6-17-32(26)28(23)34/h5,7-8,10-16,18H,2-4,6,9,17,19H2,1H3. The molecule has 0 saturated heterocycles. The van der Waals surface area contributed by atoms with Crippen LogP contribution in [-0.4, -0.2) is 20.0 Å². The Labute approximate surface area is 198 Å². The lowest BCUT2D eigenvalue weighted by atomic mass is 10.1. The molecule has 0 saturated carbocycles. The number of fused-ring (bicyclic) bond motifs is 2. The molecular weight excluding hydrogens is 424 g/mol. The molecule has 1 amide bonds.